The molecule has 0 aliphatic rings. The van der Waals surface area contributed by atoms with E-state index in [0.717, 1.165) is 0 Å². The van der Waals surface area contributed by atoms with E-state index in [1.807, 2.05) is 0 Å². The zero-order chi connectivity index (χ0) is 8.97. The largest absolute Gasteiger partial charge is 0.480 e. The van der Waals surface area contributed by atoms with Crippen LogP contribution in [0.2, 0.25) is 0 Å². The molecule has 0 aromatic carbocycles. The van der Waals surface area contributed by atoms with Crippen LogP contribution >= 0.6 is 12.4 Å². The molecule has 2 N–H and O–H groups in total. The molecular weight excluding hydrogens is 194 g/mol. The van der Waals surface area contributed by atoms with E-state index in [4.69, 9.17) is 9.52 Å². The number of rotatable bonds is 4. The Balaban J connectivity index is 0.00000144. The summed E-state index contributed by atoms with van der Waals surface area (Å²) in [6.45, 7) is 0. The minimum Gasteiger partial charge on any atom is -0.480 e. The molecule has 0 radical (unpaired) electrons. The molecular formula is C8H12ClNO3. The summed E-state index contributed by atoms with van der Waals surface area (Å²) in [5, 5.41) is 11.3. The van der Waals surface area contributed by atoms with Crippen molar-refractivity contribution in [1.82, 2.24) is 5.32 Å². The average Bonchev–Trinajstić information content (AvgIpc) is 2.51. The van der Waals surface area contributed by atoms with Crippen LogP contribution in [0.3, 0.4) is 0 Å². The van der Waals surface area contributed by atoms with Gasteiger partial charge in [0.2, 0.25) is 0 Å². The van der Waals surface area contributed by atoms with E-state index < -0.39 is 12.0 Å². The topological polar surface area (TPSA) is 62.5 Å². The Morgan fingerprint density at radius 1 is 1.77 bits per heavy atom. The van der Waals surface area contributed by atoms with Gasteiger partial charge in [0.05, 0.1) is 6.26 Å². The first kappa shape index (κ1) is 12.0. The number of hydrogen-bond acceptors (Lipinski definition) is 3. The van der Waals surface area contributed by atoms with Gasteiger partial charge in [0, 0.05) is 6.42 Å². The second-order valence-electron chi connectivity index (χ2n) is 2.46. The van der Waals surface area contributed by atoms with Crippen LogP contribution in [-0.4, -0.2) is 24.2 Å². The molecule has 0 saturated carbocycles. The number of likely N-dealkylation sites (N-methyl/N-ethyl adjacent to an activating group) is 1. The van der Waals surface area contributed by atoms with Gasteiger partial charge in [-0.05, 0) is 19.2 Å². The number of carbonyl (C=O) groups is 1. The maximum atomic E-state index is 10.6. The highest BCUT2D eigenvalue weighted by Crippen LogP contribution is 2.03. The number of halogens is 1. The third-order valence-electron chi connectivity index (χ3n) is 1.63. The molecule has 0 spiro atoms. The molecule has 0 aliphatic heterocycles. The van der Waals surface area contributed by atoms with Crippen molar-refractivity contribution in [3.8, 4) is 0 Å². The number of nitrogens with one attached hydrogen (secondary N) is 1. The molecule has 4 nitrogen and oxygen atoms in total. The molecule has 0 unspecified atom stereocenters. The van der Waals surface area contributed by atoms with E-state index in [1.165, 1.54) is 6.26 Å². The second-order valence-corrected chi connectivity index (χ2v) is 2.46. The van der Waals surface area contributed by atoms with Gasteiger partial charge >= 0.3 is 5.97 Å². The van der Waals surface area contributed by atoms with Crippen LogP contribution in [0.25, 0.3) is 0 Å². The van der Waals surface area contributed by atoms with Crippen LogP contribution in [0.4, 0.5) is 0 Å². The maximum absolute atomic E-state index is 10.6. The number of furan rings is 1. The van der Waals surface area contributed by atoms with Crippen molar-refractivity contribution >= 4 is 18.4 Å². The average molecular weight is 206 g/mol. The highest BCUT2D eigenvalue weighted by molar-refractivity contribution is 5.85. The van der Waals surface area contributed by atoms with Crippen molar-refractivity contribution in [1.29, 1.82) is 0 Å². The molecule has 1 rings (SSSR count). The molecule has 74 valence electrons. The van der Waals surface area contributed by atoms with Gasteiger partial charge in [-0.15, -0.1) is 12.4 Å². The molecule has 5 heteroatoms. The standard InChI is InChI=1S/C8H11NO3.ClH/c1-9-7(8(10)11)5-6-3-2-4-12-6;/h2-4,7,9H,5H2,1H3,(H,10,11);1H/t7-;/m0./s1. The summed E-state index contributed by atoms with van der Waals surface area (Å²) < 4.78 is 5.01. The lowest BCUT2D eigenvalue weighted by Gasteiger charge is -2.07. The van der Waals surface area contributed by atoms with Crippen LogP contribution in [0.1, 0.15) is 5.76 Å². The molecule has 0 saturated heterocycles. The fourth-order valence-corrected chi connectivity index (χ4v) is 0.943. The molecule has 13 heavy (non-hydrogen) atoms. The second kappa shape index (κ2) is 5.61. The van der Waals surface area contributed by atoms with Gasteiger partial charge < -0.3 is 14.8 Å². The SMILES string of the molecule is CN[C@@H](Cc1ccco1)C(=O)O.Cl. The Morgan fingerprint density at radius 3 is 2.85 bits per heavy atom. The molecule has 0 aliphatic carbocycles. The summed E-state index contributed by atoms with van der Waals surface area (Å²) in [7, 11) is 1.61. The Kier molecular flexibility index (Phi) is 5.18. The molecule has 1 aromatic rings. The lowest BCUT2D eigenvalue weighted by Crippen LogP contribution is -2.35. The van der Waals surface area contributed by atoms with Crippen molar-refractivity contribution in [3.63, 3.8) is 0 Å². The zero-order valence-electron chi connectivity index (χ0n) is 7.19. The van der Waals surface area contributed by atoms with Crippen LogP contribution in [-0.2, 0) is 11.2 Å². The van der Waals surface area contributed by atoms with E-state index in [-0.39, 0.29) is 12.4 Å². The van der Waals surface area contributed by atoms with Crippen molar-refractivity contribution in [2.24, 2.45) is 0 Å². The third kappa shape index (κ3) is 3.48. The minimum atomic E-state index is -0.867. The highest BCUT2D eigenvalue weighted by Gasteiger charge is 2.16. The number of hydrogen-bond donors (Lipinski definition) is 2. The van der Waals surface area contributed by atoms with Gasteiger partial charge in [-0.25, -0.2) is 0 Å². The van der Waals surface area contributed by atoms with Crippen LogP contribution in [0.15, 0.2) is 22.8 Å². The van der Waals surface area contributed by atoms with Crippen molar-refractivity contribution in [2.45, 2.75) is 12.5 Å². The van der Waals surface area contributed by atoms with Crippen molar-refractivity contribution < 1.29 is 14.3 Å². The van der Waals surface area contributed by atoms with Crippen molar-refractivity contribution in [2.75, 3.05) is 7.05 Å². The van der Waals surface area contributed by atoms with E-state index in [2.05, 4.69) is 5.32 Å². The van der Waals surface area contributed by atoms with E-state index in [9.17, 15) is 4.79 Å². The van der Waals surface area contributed by atoms with Gasteiger partial charge in [-0.1, -0.05) is 0 Å². The first-order chi connectivity index (χ1) is 5.74. The van der Waals surface area contributed by atoms with E-state index in [1.54, 1.807) is 19.2 Å². The summed E-state index contributed by atoms with van der Waals surface area (Å²) in [6, 6.07) is 2.92. The zero-order valence-corrected chi connectivity index (χ0v) is 8.00. The summed E-state index contributed by atoms with van der Waals surface area (Å²) in [5.41, 5.74) is 0. The van der Waals surface area contributed by atoms with Crippen LogP contribution < -0.4 is 5.32 Å². The number of carboxylic acids is 1. The Morgan fingerprint density at radius 2 is 2.46 bits per heavy atom. The normalized spacial score (nSPS) is 11.8. The fraction of sp³-hybridized carbons (Fsp3) is 0.375. The Labute approximate surface area is 82.3 Å². The minimum absolute atomic E-state index is 0. The highest BCUT2D eigenvalue weighted by atomic mass is 35.5. The Hall–Kier alpha value is -1.00. The lowest BCUT2D eigenvalue weighted by atomic mass is 10.2. The lowest BCUT2D eigenvalue weighted by molar-refractivity contribution is -0.139. The van der Waals surface area contributed by atoms with Gasteiger partial charge in [-0.3, -0.25) is 4.79 Å². The van der Waals surface area contributed by atoms with E-state index >= 15 is 0 Å². The maximum Gasteiger partial charge on any atom is 0.321 e. The first-order valence-electron chi connectivity index (χ1n) is 3.66. The van der Waals surface area contributed by atoms with Crippen molar-refractivity contribution in [3.05, 3.63) is 24.2 Å². The summed E-state index contributed by atoms with van der Waals surface area (Å²) >= 11 is 0. The predicted octanol–water partition coefficient (Wildman–Crippen LogP) is 0.916. The first-order valence-corrected chi connectivity index (χ1v) is 3.66. The third-order valence-corrected chi connectivity index (χ3v) is 1.63. The fourth-order valence-electron chi connectivity index (χ4n) is 0.943. The molecule has 1 aromatic heterocycles. The van der Waals surface area contributed by atoms with Gasteiger partial charge in [0.1, 0.15) is 11.8 Å². The molecule has 1 atom stereocenters. The smallest absolute Gasteiger partial charge is 0.321 e. The quantitative estimate of drug-likeness (QED) is 0.767. The molecule has 0 bridgehead atoms. The number of carboxylic acid groups (broad SMARTS) is 1. The molecule has 0 fully saturated rings. The van der Waals surface area contributed by atoms with E-state index in [0.29, 0.717) is 12.2 Å². The van der Waals surface area contributed by atoms with Gasteiger partial charge in [0.15, 0.2) is 0 Å². The van der Waals surface area contributed by atoms with Crippen LogP contribution in [0, 0.1) is 0 Å². The predicted molar refractivity (Wildman–Crippen MR) is 50.1 cm³/mol. The molecule has 0 amide bonds. The van der Waals surface area contributed by atoms with Crippen LogP contribution in [0.5, 0.6) is 0 Å². The number of aliphatic carboxylic acids is 1. The molecule has 1 heterocycles. The van der Waals surface area contributed by atoms with Gasteiger partial charge in [-0.2, -0.15) is 0 Å². The van der Waals surface area contributed by atoms with Gasteiger partial charge in [0.25, 0.3) is 0 Å². The summed E-state index contributed by atoms with van der Waals surface area (Å²) in [6.07, 6.45) is 1.91. The Bertz CT molecular complexity index is 248. The summed E-state index contributed by atoms with van der Waals surface area (Å²) in [4.78, 5) is 10.6. The summed E-state index contributed by atoms with van der Waals surface area (Å²) in [5.74, 6) is -0.189. The monoisotopic (exact) mass is 205 g/mol.